The molecule has 0 bridgehead atoms. The third-order valence-electron chi connectivity index (χ3n) is 4.93. The number of nitro benzene ring substituents is 1. The lowest BCUT2D eigenvalue weighted by Gasteiger charge is -2.32. The van der Waals surface area contributed by atoms with E-state index in [4.69, 9.17) is 9.26 Å². The number of anilines is 1. The van der Waals surface area contributed by atoms with Crippen LogP contribution in [0.3, 0.4) is 0 Å². The SMILES string of the molecule is Cc1noc(C)c1COC(=O)c1ccc(N2CCC[C@@H](C)C2)c([N+](=O)[O-])c1. The van der Waals surface area contributed by atoms with Gasteiger partial charge >= 0.3 is 5.97 Å². The summed E-state index contributed by atoms with van der Waals surface area (Å²) in [5, 5.41) is 15.4. The fraction of sp³-hybridized carbons (Fsp3) is 0.474. The minimum Gasteiger partial charge on any atom is -0.457 e. The van der Waals surface area contributed by atoms with E-state index in [-0.39, 0.29) is 17.9 Å². The van der Waals surface area contributed by atoms with Crippen LogP contribution in [0.5, 0.6) is 0 Å². The predicted octanol–water partition coefficient (Wildman–Crippen LogP) is 3.79. The van der Waals surface area contributed by atoms with Crippen LogP contribution in [0.4, 0.5) is 11.4 Å². The van der Waals surface area contributed by atoms with Crippen molar-refractivity contribution in [3.8, 4) is 0 Å². The highest BCUT2D eigenvalue weighted by atomic mass is 16.6. The van der Waals surface area contributed by atoms with Crippen LogP contribution in [0.15, 0.2) is 22.7 Å². The lowest BCUT2D eigenvalue weighted by Crippen LogP contribution is -2.34. The van der Waals surface area contributed by atoms with Crippen LogP contribution in [-0.4, -0.2) is 29.1 Å². The lowest BCUT2D eigenvalue weighted by atomic mass is 9.99. The average Bonchev–Trinajstić information content (AvgIpc) is 2.97. The Morgan fingerprint density at radius 3 is 2.85 bits per heavy atom. The molecule has 2 aromatic rings. The molecular weight excluding hydrogens is 350 g/mol. The average molecular weight is 373 g/mol. The molecule has 1 aliphatic rings. The zero-order valence-corrected chi connectivity index (χ0v) is 15.7. The number of nitro groups is 1. The predicted molar refractivity (Wildman–Crippen MR) is 98.8 cm³/mol. The van der Waals surface area contributed by atoms with Crippen molar-refractivity contribution in [1.82, 2.24) is 5.16 Å². The third kappa shape index (κ3) is 4.10. The number of aromatic nitrogens is 1. The Kier molecular flexibility index (Phi) is 5.43. The van der Waals surface area contributed by atoms with E-state index >= 15 is 0 Å². The molecule has 1 aliphatic heterocycles. The molecule has 8 heteroatoms. The summed E-state index contributed by atoms with van der Waals surface area (Å²) in [5.74, 6) is 0.454. The van der Waals surface area contributed by atoms with Gasteiger partial charge in [0.15, 0.2) is 0 Å². The van der Waals surface area contributed by atoms with Gasteiger partial charge in [0.1, 0.15) is 18.1 Å². The van der Waals surface area contributed by atoms with Gasteiger partial charge in [0, 0.05) is 19.2 Å². The standard InChI is InChI=1S/C19H23N3O5/c1-12-5-4-8-21(10-12)17-7-6-15(9-18(17)22(24)25)19(23)26-11-16-13(2)20-27-14(16)3/h6-7,9,12H,4-5,8,10-11H2,1-3H3/t12-/m1/s1. The first-order valence-electron chi connectivity index (χ1n) is 8.99. The van der Waals surface area contributed by atoms with Crippen LogP contribution < -0.4 is 4.90 Å². The molecule has 1 atom stereocenters. The van der Waals surface area contributed by atoms with Gasteiger partial charge in [-0.15, -0.1) is 0 Å². The van der Waals surface area contributed by atoms with Crippen LogP contribution >= 0.6 is 0 Å². The normalized spacial score (nSPS) is 17.0. The minimum absolute atomic E-state index is 0.0131. The molecule has 0 unspecified atom stereocenters. The van der Waals surface area contributed by atoms with Crippen LogP contribution in [0, 0.1) is 29.9 Å². The molecule has 8 nitrogen and oxygen atoms in total. The number of carbonyl (C=O) groups is 1. The number of carbonyl (C=O) groups excluding carboxylic acids is 1. The molecule has 0 amide bonds. The first kappa shape index (κ1) is 18.9. The summed E-state index contributed by atoms with van der Waals surface area (Å²) in [4.78, 5) is 25.5. The van der Waals surface area contributed by atoms with Gasteiger partial charge in [-0.3, -0.25) is 10.1 Å². The molecule has 0 aliphatic carbocycles. The minimum atomic E-state index is -0.614. The van der Waals surface area contributed by atoms with E-state index in [0.29, 0.717) is 28.6 Å². The summed E-state index contributed by atoms with van der Waals surface area (Å²) in [6, 6.07) is 4.52. The maximum Gasteiger partial charge on any atom is 0.338 e. The maximum absolute atomic E-state index is 12.4. The first-order valence-corrected chi connectivity index (χ1v) is 8.99. The molecule has 0 N–H and O–H groups in total. The van der Waals surface area contributed by atoms with Gasteiger partial charge in [-0.25, -0.2) is 4.79 Å². The maximum atomic E-state index is 12.4. The summed E-state index contributed by atoms with van der Waals surface area (Å²) in [5.41, 5.74) is 1.99. The fourth-order valence-corrected chi connectivity index (χ4v) is 3.40. The van der Waals surface area contributed by atoms with E-state index in [2.05, 4.69) is 12.1 Å². The highest BCUT2D eigenvalue weighted by molar-refractivity contribution is 5.91. The first-order chi connectivity index (χ1) is 12.9. The van der Waals surface area contributed by atoms with Crippen LogP contribution in [0.1, 0.15) is 47.1 Å². The Balaban J connectivity index is 1.79. The summed E-state index contributed by atoms with van der Waals surface area (Å²) in [7, 11) is 0. The monoisotopic (exact) mass is 373 g/mol. The lowest BCUT2D eigenvalue weighted by molar-refractivity contribution is -0.384. The third-order valence-corrected chi connectivity index (χ3v) is 4.93. The van der Waals surface area contributed by atoms with Crippen molar-refractivity contribution < 1.29 is 19.0 Å². The van der Waals surface area contributed by atoms with E-state index in [1.807, 2.05) is 4.90 Å². The summed E-state index contributed by atoms with van der Waals surface area (Å²) in [6.45, 7) is 7.21. The molecular formula is C19H23N3O5. The molecule has 1 aromatic carbocycles. The van der Waals surface area contributed by atoms with Crippen molar-refractivity contribution in [1.29, 1.82) is 0 Å². The largest absolute Gasteiger partial charge is 0.457 e. The Labute approximate surface area is 157 Å². The van der Waals surface area contributed by atoms with E-state index in [9.17, 15) is 14.9 Å². The van der Waals surface area contributed by atoms with Crippen LogP contribution in [0.2, 0.25) is 0 Å². The van der Waals surface area contributed by atoms with Gasteiger partial charge in [-0.1, -0.05) is 12.1 Å². The van der Waals surface area contributed by atoms with Crippen molar-refractivity contribution in [3.05, 3.63) is 50.9 Å². The summed E-state index contributed by atoms with van der Waals surface area (Å²) < 4.78 is 10.3. The highest BCUT2D eigenvalue weighted by Crippen LogP contribution is 2.32. The van der Waals surface area contributed by atoms with E-state index < -0.39 is 10.9 Å². The number of ether oxygens (including phenoxy) is 1. The number of hydrogen-bond acceptors (Lipinski definition) is 7. The molecule has 1 aromatic heterocycles. The van der Waals surface area contributed by atoms with Crippen molar-refractivity contribution in [2.75, 3.05) is 18.0 Å². The van der Waals surface area contributed by atoms with Crippen LogP contribution in [-0.2, 0) is 11.3 Å². The molecule has 3 rings (SSSR count). The van der Waals surface area contributed by atoms with Gasteiger partial charge in [0.05, 0.1) is 21.7 Å². The second-order valence-corrected chi connectivity index (χ2v) is 7.03. The second-order valence-electron chi connectivity index (χ2n) is 7.03. The van der Waals surface area contributed by atoms with E-state index in [1.165, 1.54) is 6.07 Å². The molecule has 2 heterocycles. The topological polar surface area (TPSA) is 98.7 Å². The van der Waals surface area contributed by atoms with E-state index in [1.54, 1.807) is 26.0 Å². The smallest absolute Gasteiger partial charge is 0.338 e. The molecule has 1 fully saturated rings. The van der Waals surface area contributed by atoms with Gasteiger partial charge in [0.25, 0.3) is 5.69 Å². The number of hydrogen-bond donors (Lipinski definition) is 0. The van der Waals surface area contributed by atoms with Gasteiger partial charge in [-0.2, -0.15) is 0 Å². The summed E-state index contributed by atoms with van der Waals surface area (Å²) >= 11 is 0. The van der Waals surface area contributed by atoms with Crippen LogP contribution in [0.25, 0.3) is 0 Å². The zero-order chi connectivity index (χ0) is 19.6. The van der Waals surface area contributed by atoms with E-state index in [0.717, 1.165) is 25.9 Å². The molecule has 0 saturated carbocycles. The molecule has 144 valence electrons. The van der Waals surface area contributed by atoms with Gasteiger partial charge < -0.3 is 14.2 Å². The fourth-order valence-electron chi connectivity index (χ4n) is 3.40. The number of rotatable bonds is 5. The Hall–Kier alpha value is -2.90. The van der Waals surface area contributed by atoms with Crippen molar-refractivity contribution in [2.24, 2.45) is 5.92 Å². The molecule has 1 saturated heterocycles. The van der Waals surface area contributed by atoms with Crippen molar-refractivity contribution in [2.45, 2.75) is 40.2 Å². The van der Waals surface area contributed by atoms with Crippen molar-refractivity contribution in [3.63, 3.8) is 0 Å². The summed E-state index contributed by atoms with van der Waals surface area (Å²) in [6.07, 6.45) is 2.12. The highest BCUT2D eigenvalue weighted by Gasteiger charge is 2.25. The molecule has 0 spiro atoms. The van der Waals surface area contributed by atoms with Gasteiger partial charge in [0.2, 0.25) is 0 Å². The Bertz CT molecular complexity index is 842. The number of aryl methyl sites for hydroxylation is 2. The molecule has 0 radical (unpaired) electrons. The Morgan fingerprint density at radius 1 is 1.44 bits per heavy atom. The zero-order valence-electron chi connectivity index (χ0n) is 15.7. The molecule has 27 heavy (non-hydrogen) atoms. The van der Waals surface area contributed by atoms with Gasteiger partial charge in [-0.05, 0) is 44.7 Å². The van der Waals surface area contributed by atoms with Crippen molar-refractivity contribution >= 4 is 17.3 Å². The number of piperidine rings is 1. The second kappa shape index (κ2) is 7.77. The quantitative estimate of drug-likeness (QED) is 0.446. The number of benzene rings is 1. The number of nitrogens with zero attached hydrogens (tertiary/aromatic N) is 3. The number of esters is 1. The Morgan fingerprint density at radius 2 is 2.22 bits per heavy atom.